The second kappa shape index (κ2) is 6.02. The summed E-state index contributed by atoms with van der Waals surface area (Å²) >= 11 is 6.05. The first-order chi connectivity index (χ1) is 6.74. The van der Waals surface area contributed by atoms with E-state index >= 15 is 0 Å². The minimum Gasteiger partial charge on any atom is -0.390 e. The summed E-state index contributed by atoms with van der Waals surface area (Å²) in [7, 11) is 1.80. The molecule has 0 bridgehead atoms. The van der Waals surface area contributed by atoms with Crippen LogP contribution in [0.3, 0.4) is 0 Å². The van der Waals surface area contributed by atoms with Gasteiger partial charge < -0.3 is 10.4 Å². The average Bonchev–Trinajstić information content (AvgIpc) is 2.19. The van der Waals surface area contributed by atoms with Gasteiger partial charge in [0.05, 0.1) is 11.5 Å². The second-order valence-corrected chi connectivity index (χ2v) is 3.89. The zero-order valence-electron chi connectivity index (χ0n) is 8.28. The maximum absolute atomic E-state index is 9.58. The monoisotopic (exact) mass is 213 g/mol. The van der Waals surface area contributed by atoms with Gasteiger partial charge in [0.15, 0.2) is 0 Å². The number of nitrogens with one attached hydrogen (secondary N) is 1. The van der Waals surface area contributed by atoms with Crippen molar-refractivity contribution in [3.8, 4) is 0 Å². The molecule has 1 aromatic carbocycles. The fourth-order valence-corrected chi connectivity index (χ4v) is 1.58. The topological polar surface area (TPSA) is 32.3 Å². The Morgan fingerprint density at radius 1 is 1.36 bits per heavy atom. The van der Waals surface area contributed by atoms with Crippen LogP contribution in [-0.2, 0) is 6.42 Å². The molecule has 14 heavy (non-hydrogen) atoms. The molecule has 0 aromatic heterocycles. The number of benzene rings is 1. The van der Waals surface area contributed by atoms with Crippen LogP contribution in [0.2, 0.25) is 0 Å². The normalized spacial score (nSPS) is 15.1. The Morgan fingerprint density at radius 3 is 2.57 bits per heavy atom. The quantitative estimate of drug-likeness (QED) is 0.726. The Labute approximate surface area is 89.9 Å². The Kier molecular flexibility index (Phi) is 4.94. The lowest BCUT2D eigenvalue weighted by molar-refractivity contribution is 0.168. The fourth-order valence-electron chi connectivity index (χ4n) is 1.31. The van der Waals surface area contributed by atoms with Gasteiger partial charge in [-0.15, -0.1) is 11.6 Å². The van der Waals surface area contributed by atoms with Crippen molar-refractivity contribution in [2.45, 2.75) is 17.9 Å². The predicted octanol–water partition coefficient (Wildman–Crippen LogP) is 1.42. The Morgan fingerprint density at radius 2 is 2.00 bits per heavy atom. The van der Waals surface area contributed by atoms with Crippen molar-refractivity contribution in [2.75, 3.05) is 13.6 Å². The number of halogens is 1. The number of alkyl halides is 1. The summed E-state index contributed by atoms with van der Waals surface area (Å²) in [5.41, 5.74) is 1.16. The van der Waals surface area contributed by atoms with E-state index in [0.29, 0.717) is 13.0 Å². The summed E-state index contributed by atoms with van der Waals surface area (Å²) in [4.78, 5) is 0. The zero-order chi connectivity index (χ0) is 10.4. The first kappa shape index (κ1) is 11.5. The smallest absolute Gasteiger partial charge is 0.0830 e. The third kappa shape index (κ3) is 3.66. The maximum Gasteiger partial charge on any atom is 0.0830 e. The number of hydrogen-bond donors (Lipinski definition) is 2. The molecule has 0 radical (unpaired) electrons. The zero-order valence-corrected chi connectivity index (χ0v) is 9.04. The van der Waals surface area contributed by atoms with Crippen molar-refractivity contribution >= 4 is 11.6 Å². The van der Waals surface area contributed by atoms with Gasteiger partial charge in [0.1, 0.15) is 0 Å². The Hall–Kier alpha value is -0.570. The number of rotatable bonds is 5. The van der Waals surface area contributed by atoms with Gasteiger partial charge in [-0.1, -0.05) is 30.3 Å². The van der Waals surface area contributed by atoms with E-state index in [-0.39, 0.29) is 5.38 Å². The number of aliphatic hydroxyl groups is 1. The summed E-state index contributed by atoms with van der Waals surface area (Å²) in [6.45, 7) is 0.529. The molecule has 2 unspecified atom stereocenters. The lowest BCUT2D eigenvalue weighted by Gasteiger charge is -2.16. The fraction of sp³-hybridized carbons (Fsp3) is 0.455. The van der Waals surface area contributed by atoms with E-state index in [1.807, 2.05) is 30.3 Å². The van der Waals surface area contributed by atoms with Gasteiger partial charge in [0, 0.05) is 6.54 Å². The molecule has 3 heteroatoms. The minimum atomic E-state index is -0.498. The first-order valence-corrected chi connectivity index (χ1v) is 5.18. The van der Waals surface area contributed by atoms with Gasteiger partial charge in [-0.3, -0.25) is 0 Å². The highest BCUT2D eigenvalue weighted by atomic mass is 35.5. The van der Waals surface area contributed by atoms with Crippen molar-refractivity contribution in [2.24, 2.45) is 0 Å². The summed E-state index contributed by atoms with van der Waals surface area (Å²) in [6, 6.07) is 9.95. The van der Waals surface area contributed by atoms with Crippen LogP contribution < -0.4 is 5.32 Å². The average molecular weight is 214 g/mol. The molecule has 0 saturated heterocycles. The van der Waals surface area contributed by atoms with Crippen LogP contribution in [-0.4, -0.2) is 30.2 Å². The van der Waals surface area contributed by atoms with Gasteiger partial charge in [0.25, 0.3) is 0 Å². The molecular formula is C11H16ClNO. The first-order valence-electron chi connectivity index (χ1n) is 4.74. The van der Waals surface area contributed by atoms with E-state index < -0.39 is 6.10 Å². The molecule has 78 valence electrons. The van der Waals surface area contributed by atoms with Crippen LogP contribution >= 0.6 is 11.6 Å². The Balaban J connectivity index is 2.44. The van der Waals surface area contributed by atoms with Crippen LogP contribution in [0.4, 0.5) is 0 Å². The molecule has 0 saturated carbocycles. The highest BCUT2D eigenvalue weighted by molar-refractivity contribution is 6.21. The molecule has 0 aliphatic heterocycles. The number of likely N-dealkylation sites (N-methyl/N-ethyl adjacent to an activating group) is 1. The van der Waals surface area contributed by atoms with Gasteiger partial charge >= 0.3 is 0 Å². The third-order valence-corrected chi connectivity index (χ3v) is 2.55. The van der Waals surface area contributed by atoms with E-state index in [0.717, 1.165) is 5.56 Å². The molecule has 2 atom stereocenters. The van der Waals surface area contributed by atoms with Crippen molar-refractivity contribution in [3.63, 3.8) is 0 Å². The van der Waals surface area contributed by atoms with E-state index in [2.05, 4.69) is 5.32 Å². The molecule has 0 fully saturated rings. The largest absolute Gasteiger partial charge is 0.390 e. The lowest BCUT2D eigenvalue weighted by atomic mass is 10.1. The molecule has 0 spiro atoms. The third-order valence-electron chi connectivity index (χ3n) is 2.10. The van der Waals surface area contributed by atoms with Gasteiger partial charge in [-0.2, -0.15) is 0 Å². The van der Waals surface area contributed by atoms with E-state index in [9.17, 15) is 5.11 Å². The molecule has 0 amide bonds. The SMILES string of the molecule is CNCC(O)C(Cl)Cc1ccccc1. The Bertz CT molecular complexity index is 253. The maximum atomic E-state index is 9.58. The van der Waals surface area contributed by atoms with E-state index in [1.54, 1.807) is 7.05 Å². The highest BCUT2D eigenvalue weighted by Crippen LogP contribution is 2.11. The van der Waals surface area contributed by atoms with Crippen molar-refractivity contribution in [1.29, 1.82) is 0 Å². The van der Waals surface area contributed by atoms with Crippen molar-refractivity contribution in [1.82, 2.24) is 5.32 Å². The van der Waals surface area contributed by atoms with E-state index in [4.69, 9.17) is 11.6 Å². The molecule has 0 aliphatic rings. The number of aliphatic hydroxyl groups excluding tert-OH is 1. The number of hydrogen-bond acceptors (Lipinski definition) is 2. The summed E-state index contributed by atoms with van der Waals surface area (Å²) < 4.78 is 0. The van der Waals surface area contributed by atoms with Gasteiger partial charge in [-0.05, 0) is 19.0 Å². The van der Waals surface area contributed by atoms with Crippen LogP contribution in [0.25, 0.3) is 0 Å². The summed E-state index contributed by atoms with van der Waals surface area (Å²) in [5.74, 6) is 0. The van der Waals surface area contributed by atoms with Crippen molar-refractivity contribution < 1.29 is 5.11 Å². The van der Waals surface area contributed by atoms with Crippen LogP contribution in [0.15, 0.2) is 30.3 Å². The molecule has 0 heterocycles. The van der Waals surface area contributed by atoms with Crippen LogP contribution in [0.1, 0.15) is 5.56 Å². The molecule has 2 N–H and O–H groups in total. The minimum absolute atomic E-state index is 0.232. The van der Waals surface area contributed by atoms with Gasteiger partial charge in [0.2, 0.25) is 0 Å². The predicted molar refractivity (Wildman–Crippen MR) is 59.7 cm³/mol. The molecule has 2 nitrogen and oxygen atoms in total. The lowest BCUT2D eigenvalue weighted by Crippen LogP contribution is -2.32. The molecule has 1 rings (SSSR count). The summed E-state index contributed by atoms with van der Waals surface area (Å²) in [6.07, 6.45) is 0.201. The summed E-state index contributed by atoms with van der Waals surface area (Å²) in [5, 5.41) is 12.3. The standard InChI is InChI=1S/C11H16ClNO/c1-13-8-11(14)10(12)7-9-5-3-2-4-6-9/h2-6,10-11,13-14H,7-8H2,1H3. The van der Waals surface area contributed by atoms with Gasteiger partial charge in [-0.25, -0.2) is 0 Å². The molecule has 0 aliphatic carbocycles. The molecular weight excluding hydrogens is 198 g/mol. The van der Waals surface area contributed by atoms with Crippen LogP contribution in [0, 0.1) is 0 Å². The molecule has 1 aromatic rings. The van der Waals surface area contributed by atoms with Crippen molar-refractivity contribution in [3.05, 3.63) is 35.9 Å². The second-order valence-electron chi connectivity index (χ2n) is 3.33. The highest BCUT2D eigenvalue weighted by Gasteiger charge is 2.15. The van der Waals surface area contributed by atoms with Crippen LogP contribution in [0.5, 0.6) is 0 Å². The van der Waals surface area contributed by atoms with E-state index in [1.165, 1.54) is 0 Å².